The van der Waals surface area contributed by atoms with Gasteiger partial charge in [-0.05, 0) is 42.0 Å². The SMILES string of the molecule is Cc1nnc(-c2ccc(C(=O)Nc3cccc(CC(=O)O)c3)cc2)o1. The van der Waals surface area contributed by atoms with Crippen molar-refractivity contribution in [3.8, 4) is 11.5 Å². The van der Waals surface area contributed by atoms with Gasteiger partial charge in [0.1, 0.15) is 0 Å². The van der Waals surface area contributed by atoms with Crippen molar-refractivity contribution >= 4 is 17.6 Å². The topological polar surface area (TPSA) is 105 Å². The van der Waals surface area contributed by atoms with Gasteiger partial charge >= 0.3 is 5.97 Å². The number of carboxylic acid groups (broad SMARTS) is 1. The van der Waals surface area contributed by atoms with Crippen molar-refractivity contribution in [3.05, 3.63) is 65.5 Å². The van der Waals surface area contributed by atoms with Crippen molar-refractivity contribution in [2.45, 2.75) is 13.3 Å². The van der Waals surface area contributed by atoms with E-state index in [1.807, 2.05) is 0 Å². The first-order valence-electron chi connectivity index (χ1n) is 7.54. The highest BCUT2D eigenvalue weighted by Crippen LogP contribution is 2.19. The summed E-state index contributed by atoms with van der Waals surface area (Å²) in [6.07, 6.45) is -0.0952. The number of benzene rings is 2. The minimum Gasteiger partial charge on any atom is -0.481 e. The number of nitrogens with one attached hydrogen (secondary N) is 1. The molecule has 3 rings (SSSR count). The maximum atomic E-state index is 12.3. The van der Waals surface area contributed by atoms with Crippen LogP contribution in [0.2, 0.25) is 0 Å². The van der Waals surface area contributed by atoms with E-state index in [1.165, 1.54) is 0 Å². The zero-order valence-electron chi connectivity index (χ0n) is 13.4. The number of carbonyl (C=O) groups excluding carboxylic acids is 1. The largest absolute Gasteiger partial charge is 0.481 e. The molecule has 0 saturated carbocycles. The molecule has 1 heterocycles. The molecule has 7 heteroatoms. The van der Waals surface area contributed by atoms with Gasteiger partial charge in [0.05, 0.1) is 6.42 Å². The second kappa shape index (κ2) is 6.96. The third-order valence-electron chi connectivity index (χ3n) is 3.46. The van der Waals surface area contributed by atoms with Crippen LogP contribution in [0.25, 0.3) is 11.5 Å². The van der Waals surface area contributed by atoms with Crippen LogP contribution in [0.15, 0.2) is 52.9 Å². The summed E-state index contributed by atoms with van der Waals surface area (Å²) in [7, 11) is 0. The molecule has 7 nitrogen and oxygen atoms in total. The lowest BCUT2D eigenvalue weighted by Gasteiger charge is -2.07. The molecular formula is C18H15N3O4. The highest BCUT2D eigenvalue weighted by atomic mass is 16.4. The van der Waals surface area contributed by atoms with Gasteiger partial charge in [-0.2, -0.15) is 0 Å². The van der Waals surface area contributed by atoms with Crippen LogP contribution in [0.5, 0.6) is 0 Å². The number of aromatic nitrogens is 2. The number of anilines is 1. The summed E-state index contributed by atoms with van der Waals surface area (Å²) >= 11 is 0. The number of carboxylic acids is 1. The van der Waals surface area contributed by atoms with Crippen molar-refractivity contribution < 1.29 is 19.1 Å². The second-order valence-corrected chi connectivity index (χ2v) is 5.43. The average molecular weight is 337 g/mol. The van der Waals surface area contributed by atoms with E-state index in [9.17, 15) is 9.59 Å². The molecule has 1 amide bonds. The molecule has 0 unspecified atom stereocenters. The first kappa shape index (κ1) is 16.4. The van der Waals surface area contributed by atoms with Crippen molar-refractivity contribution in [3.63, 3.8) is 0 Å². The van der Waals surface area contributed by atoms with Gasteiger partial charge in [-0.15, -0.1) is 10.2 Å². The van der Waals surface area contributed by atoms with Crippen LogP contribution >= 0.6 is 0 Å². The van der Waals surface area contributed by atoms with Gasteiger partial charge in [0.15, 0.2) is 0 Å². The molecule has 0 aliphatic heterocycles. The van der Waals surface area contributed by atoms with E-state index in [2.05, 4.69) is 15.5 Å². The summed E-state index contributed by atoms with van der Waals surface area (Å²) in [6.45, 7) is 1.71. The maximum absolute atomic E-state index is 12.3. The molecule has 0 radical (unpaired) electrons. The molecule has 0 spiro atoms. The van der Waals surface area contributed by atoms with Gasteiger partial charge in [-0.1, -0.05) is 12.1 Å². The predicted molar refractivity (Wildman–Crippen MR) is 90.2 cm³/mol. The van der Waals surface area contributed by atoms with Gasteiger partial charge < -0.3 is 14.8 Å². The summed E-state index contributed by atoms with van der Waals surface area (Å²) < 4.78 is 5.34. The third kappa shape index (κ3) is 4.08. The zero-order valence-corrected chi connectivity index (χ0v) is 13.4. The van der Waals surface area contributed by atoms with Crippen molar-refractivity contribution in [2.24, 2.45) is 0 Å². The average Bonchev–Trinajstić information content (AvgIpc) is 3.01. The van der Waals surface area contributed by atoms with Crippen LogP contribution in [-0.4, -0.2) is 27.2 Å². The van der Waals surface area contributed by atoms with E-state index in [0.29, 0.717) is 28.6 Å². The maximum Gasteiger partial charge on any atom is 0.307 e. The molecule has 0 aliphatic rings. The number of aryl methyl sites for hydroxylation is 1. The number of amides is 1. The molecule has 2 N–H and O–H groups in total. The molecular weight excluding hydrogens is 322 g/mol. The quantitative estimate of drug-likeness (QED) is 0.741. The molecule has 0 fully saturated rings. The van der Waals surface area contributed by atoms with E-state index in [1.54, 1.807) is 55.5 Å². The lowest BCUT2D eigenvalue weighted by molar-refractivity contribution is -0.136. The van der Waals surface area contributed by atoms with Crippen molar-refractivity contribution in [2.75, 3.05) is 5.32 Å². The number of carbonyl (C=O) groups is 2. The Kier molecular flexibility index (Phi) is 4.56. The van der Waals surface area contributed by atoms with Crippen LogP contribution in [-0.2, 0) is 11.2 Å². The highest BCUT2D eigenvalue weighted by Gasteiger charge is 2.10. The van der Waals surface area contributed by atoms with Crippen LogP contribution < -0.4 is 5.32 Å². The van der Waals surface area contributed by atoms with E-state index in [0.717, 1.165) is 5.56 Å². The highest BCUT2D eigenvalue weighted by molar-refractivity contribution is 6.04. The van der Waals surface area contributed by atoms with E-state index in [-0.39, 0.29) is 12.3 Å². The summed E-state index contributed by atoms with van der Waals surface area (Å²) in [5, 5.41) is 19.3. The van der Waals surface area contributed by atoms with Crippen LogP contribution in [0.4, 0.5) is 5.69 Å². The summed E-state index contributed by atoms with van der Waals surface area (Å²) in [5.41, 5.74) is 2.34. The molecule has 3 aromatic rings. The van der Waals surface area contributed by atoms with E-state index < -0.39 is 5.97 Å². The van der Waals surface area contributed by atoms with E-state index in [4.69, 9.17) is 9.52 Å². The smallest absolute Gasteiger partial charge is 0.307 e. The third-order valence-corrected chi connectivity index (χ3v) is 3.46. The Balaban J connectivity index is 1.72. The number of rotatable bonds is 5. The summed E-state index contributed by atoms with van der Waals surface area (Å²) in [5.74, 6) is -0.347. The summed E-state index contributed by atoms with van der Waals surface area (Å²) in [4.78, 5) is 23.1. The molecule has 126 valence electrons. The minimum absolute atomic E-state index is 0.0952. The van der Waals surface area contributed by atoms with Gasteiger partial charge in [-0.3, -0.25) is 9.59 Å². The van der Waals surface area contributed by atoms with Crippen LogP contribution in [0, 0.1) is 6.92 Å². The monoisotopic (exact) mass is 337 g/mol. The Morgan fingerprint density at radius 2 is 1.88 bits per heavy atom. The van der Waals surface area contributed by atoms with Gasteiger partial charge in [0.2, 0.25) is 11.8 Å². The fraction of sp³-hybridized carbons (Fsp3) is 0.111. The van der Waals surface area contributed by atoms with Gasteiger partial charge in [-0.25, -0.2) is 0 Å². The Labute approximate surface area is 143 Å². The standard InChI is InChI=1S/C18H15N3O4/c1-11-20-21-18(25-11)14-7-5-13(6-8-14)17(24)19-15-4-2-3-12(9-15)10-16(22)23/h2-9H,10H2,1H3,(H,19,24)(H,22,23). The first-order valence-corrected chi connectivity index (χ1v) is 7.54. The zero-order chi connectivity index (χ0) is 17.8. The van der Waals surface area contributed by atoms with Gasteiger partial charge in [0.25, 0.3) is 5.91 Å². The van der Waals surface area contributed by atoms with Crippen LogP contribution in [0.3, 0.4) is 0 Å². The van der Waals surface area contributed by atoms with Crippen molar-refractivity contribution in [1.29, 1.82) is 0 Å². The lowest BCUT2D eigenvalue weighted by Crippen LogP contribution is -2.12. The number of nitrogens with zero attached hydrogens (tertiary/aromatic N) is 2. The van der Waals surface area contributed by atoms with Crippen molar-refractivity contribution in [1.82, 2.24) is 10.2 Å². The number of hydrogen-bond acceptors (Lipinski definition) is 5. The Bertz CT molecular complexity index is 916. The lowest BCUT2D eigenvalue weighted by atomic mass is 10.1. The molecule has 25 heavy (non-hydrogen) atoms. The Morgan fingerprint density at radius 3 is 2.52 bits per heavy atom. The predicted octanol–water partition coefficient (Wildman–Crippen LogP) is 2.92. The second-order valence-electron chi connectivity index (χ2n) is 5.43. The normalized spacial score (nSPS) is 10.4. The van der Waals surface area contributed by atoms with Crippen LogP contribution in [0.1, 0.15) is 21.8 Å². The molecule has 1 aromatic heterocycles. The first-order chi connectivity index (χ1) is 12.0. The number of aliphatic carboxylic acids is 1. The van der Waals surface area contributed by atoms with E-state index >= 15 is 0 Å². The fourth-order valence-corrected chi connectivity index (χ4v) is 2.31. The fourth-order valence-electron chi connectivity index (χ4n) is 2.31. The Hall–Kier alpha value is -3.48. The minimum atomic E-state index is -0.921. The molecule has 2 aromatic carbocycles. The Morgan fingerprint density at radius 1 is 1.12 bits per heavy atom. The van der Waals surface area contributed by atoms with Gasteiger partial charge in [0, 0.05) is 23.7 Å². The summed E-state index contributed by atoms with van der Waals surface area (Å²) in [6, 6.07) is 13.5. The number of hydrogen-bond donors (Lipinski definition) is 2. The molecule has 0 aliphatic carbocycles. The molecule has 0 saturated heterocycles. The molecule has 0 bridgehead atoms. The molecule has 0 atom stereocenters.